The van der Waals surface area contributed by atoms with Crippen LogP contribution in [0.5, 0.6) is 0 Å². The van der Waals surface area contributed by atoms with Gasteiger partial charge in [-0.2, -0.15) is 0 Å². The zero-order valence-electron chi connectivity index (χ0n) is 21.0. The number of hydrogen-bond acceptors (Lipinski definition) is 2. The van der Waals surface area contributed by atoms with Crippen molar-refractivity contribution >= 4 is 58.5 Å². The summed E-state index contributed by atoms with van der Waals surface area (Å²) in [5.74, 6) is -0.442. The molecule has 38 heavy (non-hydrogen) atoms. The topological polar surface area (TPSA) is 58.2 Å². The number of aryl methyl sites for hydroxylation is 2. The van der Waals surface area contributed by atoms with Crippen LogP contribution in [-0.4, -0.2) is 11.8 Å². The van der Waals surface area contributed by atoms with Gasteiger partial charge in [0.1, 0.15) is 0 Å². The monoisotopic (exact) mass is 540 g/mol. The van der Waals surface area contributed by atoms with Crippen LogP contribution in [0.25, 0.3) is 23.3 Å². The quantitative estimate of drug-likeness (QED) is 0.230. The normalized spacial score (nSPS) is 11.2. The molecular formula is C32H26Cl2N2O2. The van der Waals surface area contributed by atoms with Gasteiger partial charge in [0.05, 0.1) is 0 Å². The van der Waals surface area contributed by atoms with E-state index in [0.717, 1.165) is 44.8 Å². The van der Waals surface area contributed by atoms with Gasteiger partial charge in [-0.25, -0.2) is 0 Å². The summed E-state index contributed by atoms with van der Waals surface area (Å²) in [5, 5.41) is 7.09. The molecule has 0 atom stereocenters. The maximum atomic E-state index is 12.4. The smallest absolute Gasteiger partial charge is 0.248 e. The third kappa shape index (κ3) is 7.45. The Labute approximate surface area is 232 Å². The predicted octanol–water partition coefficient (Wildman–Crippen LogP) is 8.58. The van der Waals surface area contributed by atoms with Gasteiger partial charge in [0, 0.05) is 33.6 Å². The van der Waals surface area contributed by atoms with Crippen LogP contribution in [0.4, 0.5) is 11.4 Å². The minimum atomic E-state index is -0.221. The molecule has 0 radical (unpaired) electrons. The second-order valence-electron chi connectivity index (χ2n) is 8.81. The number of amides is 2. The lowest BCUT2D eigenvalue weighted by Crippen LogP contribution is -2.09. The summed E-state index contributed by atoms with van der Waals surface area (Å²) in [7, 11) is 0. The molecule has 0 heterocycles. The second kappa shape index (κ2) is 12.4. The number of rotatable bonds is 7. The van der Waals surface area contributed by atoms with Crippen molar-refractivity contribution in [2.75, 3.05) is 10.6 Å². The first kappa shape index (κ1) is 26.9. The number of benzene rings is 4. The van der Waals surface area contributed by atoms with E-state index in [9.17, 15) is 9.59 Å². The van der Waals surface area contributed by atoms with Gasteiger partial charge in [0.2, 0.25) is 11.8 Å². The summed E-state index contributed by atoms with van der Waals surface area (Å²) in [4.78, 5) is 24.8. The number of nitrogens with one attached hydrogen (secondary N) is 2. The fraction of sp³-hybridized carbons (Fsp3) is 0.0625. The molecule has 4 nitrogen and oxygen atoms in total. The third-order valence-electron chi connectivity index (χ3n) is 5.85. The summed E-state index contributed by atoms with van der Waals surface area (Å²) in [5.41, 5.74) is 7.08. The zero-order chi connectivity index (χ0) is 27.1. The van der Waals surface area contributed by atoms with Gasteiger partial charge < -0.3 is 10.6 Å². The fourth-order valence-corrected chi connectivity index (χ4v) is 4.28. The molecule has 0 aliphatic rings. The standard InChI is InChI=1S/C32H26Cl2N2O2/c1-21-17-25(11-13-29(21)35-31(37)15-9-23-5-3-7-27(33)19-23)26-12-14-30(22(2)18-26)36-32(38)16-10-24-6-4-8-28(34)20-24/h3-20H,1-2H3,(H,35,37)(H,36,38)/b15-9+,16-10+. The second-order valence-corrected chi connectivity index (χ2v) is 9.69. The highest BCUT2D eigenvalue weighted by Gasteiger charge is 2.08. The van der Waals surface area contributed by atoms with Crippen molar-refractivity contribution in [1.29, 1.82) is 0 Å². The first-order valence-electron chi connectivity index (χ1n) is 12.0. The minimum absolute atomic E-state index is 0.221. The highest BCUT2D eigenvalue weighted by molar-refractivity contribution is 6.31. The SMILES string of the molecule is Cc1cc(-c2ccc(NC(=O)/C=C/c3cccc(Cl)c3)c(C)c2)ccc1NC(=O)/C=C/c1cccc(Cl)c1. The lowest BCUT2D eigenvalue weighted by Gasteiger charge is -2.12. The van der Waals surface area contributed by atoms with Crippen molar-refractivity contribution in [2.24, 2.45) is 0 Å². The summed E-state index contributed by atoms with van der Waals surface area (Å²) in [6, 6.07) is 26.4. The van der Waals surface area contributed by atoms with Crippen molar-refractivity contribution in [3.8, 4) is 11.1 Å². The molecule has 6 heteroatoms. The van der Waals surface area contributed by atoms with E-state index < -0.39 is 0 Å². The number of anilines is 2. The van der Waals surface area contributed by atoms with Crippen LogP contribution < -0.4 is 10.6 Å². The summed E-state index contributed by atoms with van der Waals surface area (Å²) >= 11 is 12.0. The van der Waals surface area contributed by atoms with Crippen LogP contribution in [0.15, 0.2) is 97.1 Å². The van der Waals surface area contributed by atoms with E-state index in [2.05, 4.69) is 10.6 Å². The van der Waals surface area contributed by atoms with Crippen molar-refractivity contribution in [3.05, 3.63) is 129 Å². The largest absolute Gasteiger partial charge is 0.322 e. The van der Waals surface area contributed by atoms with Gasteiger partial charge >= 0.3 is 0 Å². The number of carbonyl (C=O) groups excluding carboxylic acids is 2. The van der Waals surface area contributed by atoms with E-state index in [1.165, 1.54) is 12.2 Å². The number of halogens is 2. The molecule has 0 spiro atoms. The van der Waals surface area contributed by atoms with Crippen LogP contribution in [0.1, 0.15) is 22.3 Å². The van der Waals surface area contributed by atoms with Gasteiger partial charge in [-0.1, -0.05) is 59.6 Å². The van der Waals surface area contributed by atoms with Gasteiger partial charge in [-0.3, -0.25) is 9.59 Å². The van der Waals surface area contributed by atoms with Crippen LogP contribution in [0.2, 0.25) is 10.0 Å². The molecule has 0 aliphatic carbocycles. The molecule has 0 saturated carbocycles. The molecule has 4 rings (SSSR count). The Hall–Kier alpha value is -4.12. The molecule has 2 N–H and O–H groups in total. The Kier molecular flexibility index (Phi) is 8.80. The average Bonchev–Trinajstić information content (AvgIpc) is 2.89. The lowest BCUT2D eigenvalue weighted by atomic mass is 10.00. The first-order chi connectivity index (χ1) is 18.3. The van der Waals surface area contributed by atoms with Crippen LogP contribution in [0, 0.1) is 13.8 Å². The molecular weight excluding hydrogens is 515 g/mol. The Balaban J connectivity index is 1.40. The van der Waals surface area contributed by atoms with Gasteiger partial charge in [0.15, 0.2) is 0 Å². The van der Waals surface area contributed by atoms with E-state index >= 15 is 0 Å². The highest BCUT2D eigenvalue weighted by atomic mass is 35.5. The zero-order valence-corrected chi connectivity index (χ0v) is 22.5. The Bertz CT molecular complexity index is 1440. The molecule has 4 aromatic carbocycles. The molecule has 0 saturated heterocycles. The van der Waals surface area contributed by atoms with E-state index in [4.69, 9.17) is 23.2 Å². The van der Waals surface area contributed by atoms with Crippen LogP contribution in [-0.2, 0) is 9.59 Å². The Morgan fingerprint density at radius 3 is 1.39 bits per heavy atom. The first-order valence-corrected chi connectivity index (χ1v) is 12.7. The average molecular weight is 541 g/mol. The van der Waals surface area contributed by atoms with E-state index in [1.807, 2.05) is 74.5 Å². The van der Waals surface area contributed by atoms with Gasteiger partial charge in [-0.05, 0) is 108 Å². The predicted molar refractivity (Wildman–Crippen MR) is 160 cm³/mol. The van der Waals surface area contributed by atoms with Crippen molar-refractivity contribution in [2.45, 2.75) is 13.8 Å². The Morgan fingerprint density at radius 1 is 0.605 bits per heavy atom. The van der Waals surface area contributed by atoms with Crippen LogP contribution >= 0.6 is 23.2 Å². The maximum Gasteiger partial charge on any atom is 0.248 e. The summed E-state index contributed by atoms with van der Waals surface area (Å²) in [6.07, 6.45) is 6.42. The molecule has 0 aromatic heterocycles. The summed E-state index contributed by atoms with van der Waals surface area (Å²) in [6.45, 7) is 3.90. The third-order valence-corrected chi connectivity index (χ3v) is 6.32. The Morgan fingerprint density at radius 2 is 1.03 bits per heavy atom. The highest BCUT2D eigenvalue weighted by Crippen LogP contribution is 2.28. The maximum absolute atomic E-state index is 12.4. The van der Waals surface area contributed by atoms with E-state index in [-0.39, 0.29) is 11.8 Å². The fourth-order valence-electron chi connectivity index (χ4n) is 3.88. The van der Waals surface area contributed by atoms with Gasteiger partial charge in [-0.15, -0.1) is 0 Å². The molecule has 4 aromatic rings. The van der Waals surface area contributed by atoms with Gasteiger partial charge in [0.25, 0.3) is 0 Å². The summed E-state index contributed by atoms with van der Waals surface area (Å²) < 4.78 is 0. The molecule has 0 aliphatic heterocycles. The van der Waals surface area contributed by atoms with Crippen molar-refractivity contribution in [3.63, 3.8) is 0 Å². The minimum Gasteiger partial charge on any atom is -0.322 e. The van der Waals surface area contributed by atoms with E-state index in [0.29, 0.717) is 10.0 Å². The van der Waals surface area contributed by atoms with Crippen LogP contribution in [0.3, 0.4) is 0 Å². The van der Waals surface area contributed by atoms with Crippen molar-refractivity contribution < 1.29 is 9.59 Å². The molecule has 0 bridgehead atoms. The number of carbonyl (C=O) groups is 2. The number of hydrogen-bond donors (Lipinski definition) is 2. The van der Waals surface area contributed by atoms with Crippen molar-refractivity contribution in [1.82, 2.24) is 0 Å². The molecule has 0 unspecified atom stereocenters. The lowest BCUT2D eigenvalue weighted by molar-refractivity contribution is -0.112. The molecule has 190 valence electrons. The molecule has 0 fully saturated rings. The van der Waals surface area contributed by atoms with E-state index in [1.54, 1.807) is 36.4 Å². The molecule has 2 amide bonds.